The molecule has 0 aliphatic heterocycles. The van der Waals surface area contributed by atoms with E-state index in [0.717, 1.165) is 6.92 Å². The second-order valence-electron chi connectivity index (χ2n) is 2.73. The van der Waals surface area contributed by atoms with Gasteiger partial charge in [0.15, 0.2) is 0 Å². The van der Waals surface area contributed by atoms with E-state index in [1.54, 1.807) is 0 Å². The van der Waals surface area contributed by atoms with Crippen molar-refractivity contribution in [1.29, 1.82) is 0 Å². The van der Waals surface area contributed by atoms with Crippen molar-refractivity contribution in [2.24, 2.45) is 0 Å². The molecule has 0 aromatic rings. The first-order valence-corrected chi connectivity index (χ1v) is 7.36. The third kappa shape index (κ3) is 5.09. The van der Waals surface area contributed by atoms with Crippen LogP contribution < -0.4 is 0 Å². The number of rotatable bonds is 4. The molecule has 0 aliphatic carbocycles. The summed E-state index contributed by atoms with van der Waals surface area (Å²) in [4.78, 5) is 62.8. The van der Waals surface area contributed by atoms with Gasteiger partial charge in [-0.1, -0.05) is 0 Å². The van der Waals surface area contributed by atoms with E-state index in [4.69, 9.17) is 29.4 Å². The maximum atomic E-state index is 10.3. The molecule has 0 fully saturated rings. The minimum absolute atomic E-state index is 0.813. The second-order valence-corrected chi connectivity index (χ2v) is 7.45. The first-order valence-electron chi connectivity index (χ1n) is 3.52. The van der Waals surface area contributed by atoms with E-state index in [2.05, 4.69) is 4.74 Å². The topological polar surface area (TPSA) is 148 Å². The molecule has 0 amide bonds. The molecule has 0 unspecified atom stereocenters. The van der Waals surface area contributed by atoms with Crippen LogP contribution in [0, 0.1) is 0 Å². The van der Waals surface area contributed by atoms with Crippen LogP contribution in [0.5, 0.6) is 0 Å². The minimum atomic E-state index is -4.95. The molecule has 10 heteroatoms. The summed E-state index contributed by atoms with van der Waals surface area (Å²) >= 11 is 0. The van der Waals surface area contributed by atoms with Crippen molar-refractivity contribution in [2.45, 2.75) is 12.3 Å². The van der Waals surface area contributed by atoms with Gasteiger partial charge in [0.1, 0.15) is 0 Å². The van der Waals surface area contributed by atoms with Crippen molar-refractivity contribution in [3.05, 3.63) is 0 Å². The summed E-state index contributed by atoms with van der Waals surface area (Å²) < 4.78 is 4.23. The molecule has 0 spiro atoms. The first kappa shape index (κ1) is 14.1. The Labute approximate surface area is 80.6 Å². The van der Waals surface area contributed by atoms with E-state index in [1.165, 1.54) is 0 Å². The van der Waals surface area contributed by atoms with E-state index in [9.17, 15) is 4.79 Å². The zero-order valence-electron chi connectivity index (χ0n) is 7.28. The Kier molecular flexibility index (Phi) is 4.77. The van der Waals surface area contributed by atoms with Crippen LogP contribution in [0.3, 0.4) is 0 Å². The number of hydrogen-bond acceptors (Lipinski definition) is 8. The SMILES string of the molecule is CC(=O)OCC([PH](O)(O)O)[PH](O)(O)O. The molecule has 0 saturated heterocycles. The third-order valence-corrected chi connectivity index (χ3v) is 5.92. The summed E-state index contributed by atoms with van der Waals surface area (Å²) in [5.74, 6) is -0.813. The van der Waals surface area contributed by atoms with Crippen LogP contribution in [0.2, 0.25) is 0 Å². The quantitative estimate of drug-likeness (QED) is 0.244. The van der Waals surface area contributed by atoms with Gasteiger partial charge in [0.25, 0.3) is 0 Å². The molecule has 0 bridgehead atoms. The Morgan fingerprint density at radius 1 is 1.14 bits per heavy atom. The van der Waals surface area contributed by atoms with Crippen LogP contribution in [0.25, 0.3) is 0 Å². The Morgan fingerprint density at radius 2 is 1.50 bits per heavy atom. The van der Waals surface area contributed by atoms with Gasteiger partial charge in [-0.15, -0.1) is 0 Å². The fraction of sp³-hybridized carbons (Fsp3) is 0.750. The normalized spacial score (nSPS) is 17.4. The zero-order valence-corrected chi connectivity index (χ0v) is 9.28. The van der Waals surface area contributed by atoms with Crippen LogP contribution >= 0.6 is 15.9 Å². The van der Waals surface area contributed by atoms with Crippen molar-refractivity contribution < 1.29 is 38.9 Å². The fourth-order valence-corrected chi connectivity index (χ4v) is 3.38. The summed E-state index contributed by atoms with van der Waals surface area (Å²) in [6.07, 6.45) is 0. The van der Waals surface area contributed by atoms with E-state index >= 15 is 0 Å². The molecule has 0 aliphatic rings. The molecule has 8 nitrogen and oxygen atoms in total. The fourth-order valence-electron chi connectivity index (χ4n) is 0.684. The molecule has 0 rings (SSSR count). The summed E-state index contributed by atoms with van der Waals surface area (Å²) in [5, 5.41) is -2.01. The predicted molar refractivity (Wildman–Crippen MR) is 50.4 cm³/mol. The van der Waals surface area contributed by atoms with Gasteiger partial charge in [-0.05, 0) is 0 Å². The van der Waals surface area contributed by atoms with Crippen molar-refractivity contribution in [1.82, 2.24) is 0 Å². The van der Waals surface area contributed by atoms with Crippen molar-refractivity contribution in [3.63, 3.8) is 0 Å². The molecule has 88 valence electrons. The summed E-state index contributed by atoms with van der Waals surface area (Å²) in [6, 6.07) is 0. The molecule has 6 N–H and O–H groups in total. The van der Waals surface area contributed by atoms with Crippen molar-refractivity contribution in [3.8, 4) is 0 Å². The van der Waals surface area contributed by atoms with Crippen molar-refractivity contribution in [2.75, 3.05) is 6.61 Å². The number of esters is 1. The van der Waals surface area contributed by atoms with E-state index in [-0.39, 0.29) is 0 Å². The van der Waals surface area contributed by atoms with Crippen LogP contribution in [0.15, 0.2) is 0 Å². The monoisotopic (exact) mass is 252 g/mol. The van der Waals surface area contributed by atoms with Crippen LogP contribution in [-0.4, -0.2) is 47.3 Å². The van der Waals surface area contributed by atoms with E-state index in [0.29, 0.717) is 0 Å². The number of carbonyl (C=O) groups excluding carboxylic acids is 1. The molecular weight excluding hydrogens is 238 g/mol. The summed E-state index contributed by atoms with van der Waals surface area (Å²) in [5.41, 5.74) is 0. The molecule has 0 aromatic carbocycles. The number of hydrogen-bond donors (Lipinski definition) is 6. The van der Waals surface area contributed by atoms with Gasteiger partial charge in [0.05, 0.1) is 0 Å². The third-order valence-electron chi connectivity index (χ3n) is 1.39. The Hall–Kier alpha value is 0.0900. The summed E-state index contributed by atoms with van der Waals surface area (Å²) in [6.45, 7) is 0.141. The standard InChI is InChI=1S/C4H14O8P2/c1-3(5)12-2-4(13(6,7)8)14(9,10)11/h4,6-11,13-14H,2H2,1H3. The molecule has 14 heavy (non-hydrogen) atoms. The Bertz CT molecular complexity index is 190. The first-order chi connectivity index (χ1) is 6.05. The molecule has 0 radical (unpaired) electrons. The summed E-state index contributed by atoms with van der Waals surface area (Å²) in [7, 11) is -9.91. The van der Waals surface area contributed by atoms with E-state index in [1.807, 2.05) is 0 Å². The zero-order chi connectivity index (χ0) is 11.6. The molecule has 0 saturated carbocycles. The van der Waals surface area contributed by atoms with Gasteiger partial charge in [0, 0.05) is 0 Å². The molecule has 0 atom stereocenters. The van der Waals surface area contributed by atoms with Crippen LogP contribution in [0.4, 0.5) is 0 Å². The average Bonchev–Trinajstić information content (AvgIpc) is 1.78. The van der Waals surface area contributed by atoms with Crippen LogP contribution in [-0.2, 0) is 9.53 Å². The second kappa shape index (κ2) is 4.74. The molecule has 0 heterocycles. The molecular formula is C4H14O8P2. The van der Waals surface area contributed by atoms with Gasteiger partial charge in [-0.2, -0.15) is 0 Å². The van der Waals surface area contributed by atoms with Gasteiger partial charge in [0.2, 0.25) is 0 Å². The van der Waals surface area contributed by atoms with E-state index < -0.39 is 33.9 Å². The maximum absolute atomic E-state index is 10.3. The van der Waals surface area contributed by atoms with Gasteiger partial charge >= 0.3 is 79.7 Å². The van der Waals surface area contributed by atoms with Gasteiger partial charge in [-0.25, -0.2) is 0 Å². The average molecular weight is 252 g/mol. The number of carbonyl (C=O) groups is 1. The van der Waals surface area contributed by atoms with Gasteiger partial charge < -0.3 is 0 Å². The van der Waals surface area contributed by atoms with Gasteiger partial charge in [-0.3, -0.25) is 0 Å². The predicted octanol–water partition coefficient (Wildman–Crippen LogP) is -2.18. The molecule has 0 aromatic heterocycles. The number of ether oxygens (including phenoxy) is 1. The Balaban J connectivity index is 4.51. The van der Waals surface area contributed by atoms with Crippen molar-refractivity contribution >= 4 is 21.9 Å². The van der Waals surface area contributed by atoms with Crippen LogP contribution in [0.1, 0.15) is 6.92 Å². The Morgan fingerprint density at radius 3 is 1.71 bits per heavy atom.